The molecular weight excluding hydrogens is 410 g/mol. The van der Waals surface area contributed by atoms with Crippen LogP contribution in [-0.2, 0) is 19.3 Å². The van der Waals surface area contributed by atoms with E-state index >= 15 is 0 Å². The van der Waals surface area contributed by atoms with Crippen LogP contribution in [0.2, 0.25) is 0 Å². The van der Waals surface area contributed by atoms with Crippen LogP contribution in [0.4, 0.5) is 0 Å². The van der Waals surface area contributed by atoms with E-state index < -0.39 is 0 Å². The lowest BCUT2D eigenvalue weighted by molar-refractivity contribution is 1.04. The molecule has 0 saturated carbocycles. The van der Waals surface area contributed by atoms with Gasteiger partial charge in [-0.15, -0.1) is 0 Å². The molecule has 1 aromatic heterocycles. The van der Waals surface area contributed by atoms with Crippen molar-refractivity contribution in [2.45, 2.75) is 19.3 Å². The summed E-state index contributed by atoms with van der Waals surface area (Å²) in [6.07, 6.45) is 3.10. The van der Waals surface area contributed by atoms with Gasteiger partial charge < -0.3 is 4.57 Å². The van der Waals surface area contributed by atoms with Crippen LogP contribution in [0.3, 0.4) is 0 Å². The number of rotatable bonds is 0. The Hall–Kier alpha value is -4.10. The van der Waals surface area contributed by atoms with E-state index in [2.05, 4.69) is 95.6 Å². The van der Waals surface area contributed by atoms with Crippen LogP contribution in [0.25, 0.3) is 49.7 Å². The monoisotopic (exact) mass is 431 g/mol. The van der Waals surface area contributed by atoms with Crippen LogP contribution in [-0.4, -0.2) is 4.57 Å². The average Bonchev–Trinajstić information content (AvgIpc) is 3.55. The predicted octanol–water partition coefficient (Wildman–Crippen LogP) is 7.83. The highest BCUT2D eigenvalue weighted by Crippen LogP contribution is 2.51. The van der Waals surface area contributed by atoms with Crippen molar-refractivity contribution in [2.75, 3.05) is 0 Å². The molecule has 1 nitrogen and oxygen atoms in total. The van der Waals surface area contributed by atoms with Crippen molar-refractivity contribution >= 4 is 21.8 Å². The zero-order valence-corrected chi connectivity index (χ0v) is 18.7. The van der Waals surface area contributed by atoms with Crippen molar-refractivity contribution in [3.05, 3.63) is 124 Å². The van der Waals surface area contributed by atoms with E-state index in [0.29, 0.717) is 0 Å². The summed E-state index contributed by atoms with van der Waals surface area (Å²) in [7, 11) is 0. The molecule has 6 aromatic rings. The average molecular weight is 432 g/mol. The molecule has 0 saturated heterocycles. The second-order valence-electron chi connectivity index (χ2n) is 10.1. The van der Waals surface area contributed by atoms with Crippen molar-refractivity contribution in [1.29, 1.82) is 0 Å². The summed E-state index contributed by atoms with van der Waals surface area (Å²) in [5.41, 5.74) is 18.8. The zero-order valence-electron chi connectivity index (χ0n) is 18.7. The molecule has 2 aliphatic carbocycles. The first kappa shape index (κ1) is 17.4. The van der Waals surface area contributed by atoms with Gasteiger partial charge in [-0.2, -0.15) is 0 Å². The number of para-hydroxylation sites is 2. The molecule has 0 unspecified atom stereocenters. The molecule has 1 heteroatoms. The minimum atomic E-state index is 1.00. The Morgan fingerprint density at radius 2 is 1.21 bits per heavy atom. The molecule has 2 heterocycles. The van der Waals surface area contributed by atoms with Crippen LogP contribution >= 0.6 is 0 Å². The fourth-order valence-electron chi connectivity index (χ4n) is 7.09. The first-order valence-corrected chi connectivity index (χ1v) is 12.3. The second-order valence-corrected chi connectivity index (χ2v) is 10.1. The summed E-state index contributed by atoms with van der Waals surface area (Å²) >= 11 is 0. The molecule has 158 valence electrons. The number of hydrogen-bond acceptors (Lipinski definition) is 0. The van der Waals surface area contributed by atoms with E-state index in [1.54, 1.807) is 11.1 Å². The van der Waals surface area contributed by atoms with Gasteiger partial charge in [0.1, 0.15) is 0 Å². The number of aromatic nitrogens is 1. The van der Waals surface area contributed by atoms with Crippen molar-refractivity contribution in [2.24, 2.45) is 0 Å². The standard InChI is InChI=1S/C33H21N/c1-2-8-23-19(6-1)17-28-24(23)14-15-26-29(28)18-20-12-13-22-16-21-7-5-10-27-25-9-3-4-11-30(25)34(32(21)27)33(22)31(20)26/h1-15H,16-18H2. The maximum absolute atomic E-state index is 2.58. The van der Waals surface area contributed by atoms with E-state index in [9.17, 15) is 0 Å². The summed E-state index contributed by atoms with van der Waals surface area (Å²) in [4.78, 5) is 0. The third-order valence-electron chi connectivity index (χ3n) is 8.47. The fourth-order valence-corrected chi connectivity index (χ4v) is 7.09. The predicted molar refractivity (Wildman–Crippen MR) is 140 cm³/mol. The molecule has 5 aromatic carbocycles. The number of nitrogens with zero attached hydrogens (tertiary/aromatic N) is 1. The molecule has 0 radical (unpaired) electrons. The van der Waals surface area contributed by atoms with Crippen molar-refractivity contribution in [3.8, 4) is 27.9 Å². The Morgan fingerprint density at radius 3 is 2.21 bits per heavy atom. The maximum atomic E-state index is 2.58. The highest BCUT2D eigenvalue weighted by molar-refractivity contribution is 6.12. The normalized spacial score (nSPS) is 14.1. The first-order chi connectivity index (χ1) is 16.9. The third-order valence-corrected chi connectivity index (χ3v) is 8.47. The molecule has 0 fully saturated rings. The van der Waals surface area contributed by atoms with E-state index in [-0.39, 0.29) is 0 Å². The first-order valence-electron chi connectivity index (χ1n) is 12.3. The van der Waals surface area contributed by atoms with Gasteiger partial charge in [-0.25, -0.2) is 0 Å². The van der Waals surface area contributed by atoms with Gasteiger partial charge in [-0.3, -0.25) is 0 Å². The quantitative estimate of drug-likeness (QED) is 0.231. The Bertz CT molecular complexity index is 1880. The lowest BCUT2D eigenvalue weighted by Gasteiger charge is -2.24. The highest BCUT2D eigenvalue weighted by atomic mass is 15.0. The summed E-state index contributed by atoms with van der Waals surface area (Å²) < 4.78 is 2.58. The number of fused-ring (bicyclic) bond motifs is 13. The summed E-state index contributed by atoms with van der Waals surface area (Å²) in [5, 5.41) is 2.73. The second kappa shape index (κ2) is 5.87. The number of hydrogen-bond donors (Lipinski definition) is 0. The lowest BCUT2D eigenvalue weighted by atomic mass is 9.91. The van der Waals surface area contributed by atoms with Crippen molar-refractivity contribution < 1.29 is 0 Å². The van der Waals surface area contributed by atoms with E-state index in [4.69, 9.17) is 0 Å². The van der Waals surface area contributed by atoms with Gasteiger partial charge in [0.25, 0.3) is 0 Å². The summed E-state index contributed by atoms with van der Waals surface area (Å²) in [6.45, 7) is 0. The molecule has 0 N–H and O–H groups in total. The smallest absolute Gasteiger partial charge is 0.0579 e. The van der Waals surface area contributed by atoms with Gasteiger partial charge in [0.15, 0.2) is 0 Å². The number of benzene rings is 5. The van der Waals surface area contributed by atoms with Crippen LogP contribution < -0.4 is 0 Å². The van der Waals surface area contributed by atoms with E-state index in [1.165, 1.54) is 72.0 Å². The SMILES string of the molecule is c1ccc2c(c1)Cc1c-2ccc2c1Cc1ccc3c(c1-2)-n1c2ccccc2c2cccc(c21)C3. The molecule has 9 rings (SSSR count). The summed E-state index contributed by atoms with van der Waals surface area (Å²) in [5.74, 6) is 0. The molecule has 0 amide bonds. The topological polar surface area (TPSA) is 4.93 Å². The summed E-state index contributed by atoms with van der Waals surface area (Å²) in [6, 6.07) is 34.3. The zero-order chi connectivity index (χ0) is 22.0. The van der Waals surface area contributed by atoms with Gasteiger partial charge in [0, 0.05) is 22.8 Å². The van der Waals surface area contributed by atoms with Crippen LogP contribution in [0.5, 0.6) is 0 Å². The van der Waals surface area contributed by atoms with Gasteiger partial charge >= 0.3 is 0 Å². The largest absolute Gasteiger partial charge is 0.308 e. The third kappa shape index (κ3) is 1.94. The minimum Gasteiger partial charge on any atom is -0.308 e. The molecule has 0 spiro atoms. The van der Waals surface area contributed by atoms with E-state index in [0.717, 1.165) is 19.3 Å². The van der Waals surface area contributed by atoms with Gasteiger partial charge in [0.05, 0.1) is 16.7 Å². The van der Waals surface area contributed by atoms with Gasteiger partial charge in [0.2, 0.25) is 0 Å². The molecule has 3 aliphatic rings. The molecule has 1 aliphatic heterocycles. The van der Waals surface area contributed by atoms with Gasteiger partial charge in [-0.1, -0.05) is 84.9 Å². The van der Waals surface area contributed by atoms with E-state index in [1.807, 2.05) is 0 Å². The van der Waals surface area contributed by atoms with Gasteiger partial charge in [-0.05, 0) is 69.0 Å². The molecular formula is C33H21N. The minimum absolute atomic E-state index is 1.00. The van der Waals surface area contributed by atoms with Crippen molar-refractivity contribution in [3.63, 3.8) is 0 Å². The Balaban J connectivity index is 1.38. The maximum Gasteiger partial charge on any atom is 0.0579 e. The molecule has 0 bridgehead atoms. The Kier molecular flexibility index (Phi) is 3.00. The molecule has 34 heavy (non-hydrogen) atoms. The Labute approximate surface area is 197 Å². The lowest BCUT2D eigenvalue weighted by Crippen LogP contribution is -2.09. The molecule has 0 atom stereocenters. The van der Waals surface area contributed by atoms with Crippen LogP contribution in [0, 0.1) is 0 Å². The fraction of sp³-hybridized carbons (Fsp3) is 0.0909. The van der Waals surface area contributed by atoms with Crippen molar-refractivity contribution in [1.82, 2.24) is 4.57 Å². The Morgan fingerprint density at radius 1 is 0.471 bits per heavy atom. The van der Waals surface area contributed by atoms with Crippen LogP contribution in [0.1, 0.15) is 33.4 Å². The highest BCUT2D eigenvalue weighted by Gasteiger charge is 2.32. The van der Waals surface area contributed by atoms with Crippen LogP contribution in [0.15, 0.2) is 91.0 Å².